The van der Waals surface area contributed by atoms with Crippen molar-refractivity contribution in [2.45, 2.75) is 17.7 Å². The number of morpholine rings is 1. The Labute approximate surface area is 179 Å². The summed E-state index contributed by atoms with van der Waals surface area (Å²) in [6, 6.07) is 7.53. The van der Waals surface area contributed by atoms with E-state index in [9.17, 15) is 22.0 Å². The number of hydrogen-bond donors (Lipinski definition) is 1. The van der Waals surface area contributed by atoms with E-state index in [4.69, 9.17) is 4.74 Å². The molecule has 2 aliphatic rings. The zero-order valence-electron chi connectivity index (χ0n) is 16.8. The number of nitrogens with zero attached hydrogens (tertiary/aromatic N) is 2. The molecule has 0 radical (unpaired) electrons. The highest BCUT2D eigenvalue weighted by atomic mass is 32.2. The van der Waals surface area contributed by atoms with Gasteiger partial charge in [0.1, 0.15) is 16.5 Å². The average molecular weight is 451 g/mol. The fourth-order valence-corrected chi connectivity index (χ4v) is 5.37. The molecule has 0 atom stereocenters. The van der Waals surface area contributed by atoms with Crippen LogP contribution < -0.4 is 10.2 Å². The van der Waals surface area contributed by atoms with Gasteiger partial charge in [-0.2, -0.15) is 4.31 Å². The van der Waals surface area contributed by atoms with Gasteiger partial charge >= 0.3 is 0 Å². The second-order valence-electron chi connectivity index (χ2n) is 7.48. The van der Waals surface area contributed by atoms with E-state index < -0.39 is 32.5 Å². The number of ether oxygens (including phenoxy) is 1. The molecule has 2 heterocycles. The molecule has 166 valence electrons. The predicted molar refractivity (Wildman–Crippen MR) is 112 cm³/mol. The summed E-state index contributed by atoms with van der Waals surface area (Å²) in [7, 11) is -4.02. The first-order valence-electron chi connectivity index (χ1n) is 10.1. The molecule has 0 spiro atoms. The van der Waals surface area contributed by atoms with Crippen LogP contribution in [0.25, 0.3) is 0 Å². The van der Waals surface area contributed by atoms with Crippen LogP contribution in [0.3, 0.4) is 0 Å². The fraction of sp³-hybridized carbons (Fsp3) is 0.381. The minimum absolute atomic E-state index is 0.0307. The van der Waals surface area contributed by atoms with E-state index >= 15 is 0 Å². The lowest BCUT2D eigenvalue weighted by Gasteiger charge is -2.29. The van der Waals surface area contributed by atoms with Crippen LogP contribution in [0.5, 0.6) is 0 Å². The van der Waals surface area contributed by atoms with Gasteiger partial charge in [-0.1, -0.05) is 0 Å². The highest BCUT2D eigenvalue weighted by molar-refractivity contribution is 7.89. The number of benzene rings is 2. The summed E-state index contributed by atoms with van der Waals surface area (Å²) >= 11 is 0. The normalized spacial score (nSPS) is 17.7. The van der Waals surface area contributed by atoms with E-state index in [1.54, 1.807) is 12.1 Å². The van der Waals surface area contributed by atoms with Crippen LogP contribution in [-0.4, -0.2) is 58.0 Å². The van der Waals surface area contributed by atoms with Crippen molar-refractivity contribution in [1.82, 2.24) is 4.31 Å². The molecular weight excluding hydrogens is 428 g/mol. The van der Waals surface area contributed by atoms with Crippen molar-refractivity contribution in [3.8, 4) is 0 Å². The van der Waals surface area contributed by atoms with E-state index in [-0.39, 0.29) is 11.3 Å². The highest BCUT2D eigenvalue weighted by Crippen LogP contribution is 2.26. The van der Waals surface area contributed by atoms with Crippen molar-refractivity contribution in [2.24, 2.45) is 0 Å². The summed E-state index contributed by atoms with van der Waals surface area (Å²) in [4.78, 5) is 14.0. The van der Waals surface area contributed by atoms with Gasteiger partial charge in [0.2, 0.25) is 10.0 Å². The number of amides is 1. The Balaban J connectivity index is 1.53. The minimum atomic E-state index is -4.02. The molecular formula is C21H23F2N3O4S. The molecule has 2 saturated heterocycles. The third kappa shape index (κ3) is 4.56. The summed E-state index contributed by atoms with van der Waals surface area (Å²) in [5.74, 6) is -2.06. The van der Waals surface area contributed by atoms with Crippen molar-refractivity contribution in [3.05, 3.63) is 53.6 Å². The lowest BCUT2D eigenvalue weighted by atomic mass is 10.2. The zero-order chi connectivity index (χ0) is 22.0. The van der Waals surface area contributed by atoms with Crippen molar-refractivity contribution >= 4 is 27.3 Å². The molecule has 2 aromatic carbocycles. The zero-order valence-corrected chi connectivity index (χ0v) is 17.6. The number of halogens is 2. The van der Waals surface area contributed by atoms with E-state index in [2.05, 4.69) is 5.32 Å². The fourth-order valence-electron chi connectivity index (χ4n) is 3.76. The SMILES string of the molecule is O=C(Nc1ccc(N2CCOCC2)c(F)c1)c1ccc(F)c(S(=O)(=O)N2CCCC2)c1. The third-order valence-electron chi connectivity index (χ3n) is 5.43. The summed E-state index contributed by atoms with van der Waals surface area (Å²) in [5.41, 5.74) is 0.603. The number of nitrogens with one attached hydrogen (secondary N) is 1. The van der Waals surface area contributed by atoms with Gasteiger partial charge in [0.25, 0.3) is 5.91 Å². The van der Waals surface area contributed by atoms with Crippen LogP contribution in [0, 0.1) is 11.6 Å². The molecule has 0 aliphatic carbocycles. The topological polar surface area (TPSA) is 79.0 Å². The maximum absolute atomic E-state index is 14.6. The van der Waals surface area contributed by atoms with E-state index in [0.29, 0.717) is 57.9 Å². The molecule has 1 amide bonds. The largest absolute Gasteiger partial charge is 0.378 e. The maximum Gasteiger partial charge on any atom is 0.255 e. The Hall–Kier alpha value is -2.56. The van der Waals surface area contributed by atoms with E-state index in [1.807, 2.05) is 4.90 Å². The molecule has 7 nitrogen and oxygen atoms in total. The second kappa shape index (κ2) is 8.89. The quantitative estimate of drug-likeness (QED) is 0.757. The van der Waals surface area contributed by atoms with Crippen LogP contribution in [0.4, 0.5) is 20.2 Å². The van der Waals surface area contributed by atoms with Crippen LogP contribution in [-0.2, 0) is 14.8 Å². The molecule has 31 heavy (non-hydrogen) atoms. The number of anilines is 2. The highest BCUT2D eigenvalue weighted by Gasteiger charge is 2.30. The maximum atomic E-state index is 14.6. The van der Waals surface area contributed by atoms with Gasteiger partial charge in [-0.3, -0.25) is 4.79 Å². The first kappa shape index (κ1) is 21.7. The lowest BCUT2D eigenvalue weighted by molar-refractivity contribution is 0.102. The number of rotatable bonds is 5. The Kier molecular flexibility index (Phi) is 6.22. The van der Waals surface area contributed by atoms with E-state index in [0.717, 1.165) is 12.1 Å². The summed E-state index contributed by atoms with van der Waals surface area (Å²) in [6.07, 6.45) is 1.43. The number of carbonyl (C=O) groups is 1. The van der Waals surface area contributed by atoms with Gasteiger partial charge in [-0.25, -0.2) is 17.2 Å². The minimum Gasteiger partial charge on any atom is -0.378 e. The van der Waals surface area contributed by atoms with Crippen LogP contribution in [0.15, 0.2) is 41.3 Å². The number of sulfonamides is 1. The van der Waals surface area contributed by atoms with Crippen molar-refractivity contribution in [3.63, 3.8) is 0 Å². The Morgan fingerprint density at radius 2 is 1.65 bits per heavy atom. The molecule has 4 rings (SSSR count). The molecule has 0 bridgehead atoms. The molecule has 2 fully saturated rings. The van der Waals surface area contributed by atoms with Gasteiger partial charge in [0.15, 0.2) is 0 Å². The molecule has 2 aromatic rings. The van der Waals surface area contributed by atoms with Gasteiger partial charge in [0.05, 0.1) is 18.9 Å². The standard InChI is InChI=1S/C21H23F2N3O4S/c22-17-5-3-15(13-20(17)31(28,29)26-7-1-2-8-26)21(27)24-16-4-6-19(18(23)14-16)25-9-11-30-12-10-25/h3-6,13-14H,1-2,7-12H2,(H,24,27). The van der Waals surface area contributed by atoms with E-state index in [1.165, 1.54) is 16.4 Å². The van der Waals surface area contributed by atoms with Crippen LogP contribution in [0.1, 0.15) is 23.2 Å². The van der Waals surface area contributed by atoms with Gasteiger partial charge in [-0.15, -0.1) is 0 Å². The van der Waals surface area contributed by atoms with Crippen molar-refractivity contribution < 1.29 is 26.7 Å². The first-order chi connectivity index (χ1) is 14.9. The Morgan fingerprint density at radius 3 is 2.32 bits per heavy atom. The predicted octanol–water partition coefficient (Wildman–Crippen LogP) is 2.84. The number of hydrogen-bond acceptors (Lipinski definition) is 5. The van der Waals surface area contributed by atoms with Crippen molar-refractivity contribution in [1.29, 1.82) is 0 Å². The lowest BCUT2D eigenvalue weighted by Crippen LogP contribution is -2.36. The Morgan fingerprint density at radius 1 is 0.935 bits per heavy atom. The average Bonchev–Trinajstić information content (AvgIpc) is 3.30. The molecule has 10 heteroatoms. The molecule has 2 aliphatic heterocycles. The molecule has 0 unspecified atom stereocenters. The van der Waals surface area contributed by atoms with Gasteiger partial charge in [0, 0.05) is 37.4 Å². The van der Waals surface area contributed by atoms with Gasteiger partial charge in [-0.05, 0) is 49.2 Å². The second-order valence-corrected chi connectivity index (χ2v) is 9.38. The molecule has 0 aromatic heterocycles. The molecule has 1 N–H and O–H groups in total. The molecule has 0 saturated carbocycles. The van der Waals surface area contributed by atoms with Gasteiger partial charge < -0.3 is 15.0 Å². The Bertz CT molecular complexity index is 1080. The van der Waals surface area contributed by atoms with Crippen LogP contribution >= 0.6 is 0 Å². The monoisotopic (exact) mass is 451 g/mol. The van der Waals surface area contributed by atoms with Crippen molar-refractivity contribution in [2.75, 3.05) is 49.6 Å². The third-order valence-corrected chi connectivity index (χ3v) is 7.35. The summed E-state index contributed by atoms with van der Waals surface area (Å²) in [6.45, 7) is 2.84. The van der Waals surface area contributed by atoms with Crippen LogP contribution in [0.2, 0.25) is 0 Å². The summed E-state index contributed by atoms with van der Waals surface area (Å²) < 4.78 is 60.8. The number of carbonyl (C=O) groups excluding carboxylic acids is 1. The summed E-state index contributed by atoms with van der Waals surface area (Å²) in [5, 5.41) is 2.54. The smallest absolute Gasteiger partial charge is 0.255 e. The first-order valence-corrected chi connectivity index (χ1v) is 11.5.